The second-order valence-electron chi connectivity index (χ2n) is 5.15. The molecule has 1 aromatic carbocycles. The van der Waals surface area contributed by atoms with Crippen molar-refractivity contribution in [1.29, 1.82) is 0 Å². The van der Waals surface area contributed by atoms with Crippen molar-refractivity contribution in [3.63, 3.8) is 0 Å². The van der Waals surface area contributed by atoms with Crippen LogP contribution in [0.2, 0.25) is 0 Å². The highest BCUT2D eigenvalue weighted by Gasteiger charge is 2.14. The number of aryl methyl sites for hydroxylation is 2. The first-order valence-corrected chi connectivity index (χ1v) is 6.95. The van der Waals surface area contributed by atoms with E-state index in [1.54, 1.807) is 13.8 Å². The number of aliphatic hydroxyl groups is 1. The van der Waals surface area contributed by atoms with Crippen molar-refractivity contribution < 1.29 is 9.90 Å². The number of benzene rings is 1. The van der Waals surface area contributed by atoms with E-state index in [0.717, 1.165) is 4.90 Å². The third-order valence-corrected chi connectivity index (χ3v) is 3.58. The van der Waals surface area contributed by atoms with Crippen LogP contribution in [-0.2, 0) is 4.79 Å². The Kier molecular flexibility index (Phi) is 5.23. The lowest BCUT2D eigenvalue weighted by Gasteiger charge is -2.17. The molecular formula is C14H21NO2S. The molecule has 1 rings (SSSR count). The summed E-state index contributed by atoms with van der Waals surface area (Å²) in [5, 5.41) is 12.2. The molecule has 0 unspecified atom stereocenters. The molecule has 0 saturated heterocycles. The van der Waals surface area contributed by atoms with Crippen molar-refractivity contribution >= 4 is 17.7 Å². The van der Waals surface area contributed by atoms with Crippen LogP contribution in [0, 0.1) is 13.8 Å². The van der Waals surface area contributed by atoms with Crippen molar-refractivity contribution in [3.8, 4) is 0 Å². The Hall–Kier alpha value is -1.00. The molecule has 0 bridgehead atoms. The lowest BCUT2D eigenvalue weighted by atomic mass is 10.1. The van der Waals surface area contributed by atoms with E-state index < -0.39 is 5.60 Å². The van der Waals surface area contributed by atoms with E-state index in [2.05, 4.69) is 23.5 Å². The molecule has 100 valence electrons. The number of hydrogen-bond acceptors (Lipinski definition) is 3. The monoisotopic (exact) mass is 267 g/mol. The van der Waals surface area contributed by atoms with E-state index in [-0.39, 0.29) is 12.5 Å². The van der Waals surface area contributed by atoms with Crippen LogP contribution in [0.15, 0.2) is 23.1 Å². The molecule has 0 radical (unpaired) electrons. The maximum Gasteiger partial charge on any atom is 0.230 e. The number of carbonyl (C=O) groups excluding carboxylic acids is 1. The van der Waals surface area contributed by atoms with Crippen molar-refractivity contribution in [2.24, 2.45) is 0 Å². The second kappa shape index (κ2) is 6.25. The zero-order valence-corrected chi connectivity index (χ0v) is 12.2. The van der Waals surface area contributed by atoms with Crippen molar-refractivity contribution in [2.45, 2.75) is 38.2 Å². The van der Waals surface area contributed by atoms with Crippen LogP contribution in [0.4, 0.5) is 0 Å². The van der Waals surface area contributed by atoms with E-state index in [9.17, 15) is 9.90 Å². The first-order valence-electron chi connectivity index (χ1n) is 5.97. The van der Waals surface area contributed by atoms with Crippen molar-refractivity contribution in [2.75, 3.05) is 12.3 Å². The molecule has 1 aromatic rings. The Bertz CT molecular complexity index is 424. The van der Waals surface area contributed by atoms with Gasteiger partial charge in [0.25, 0.3) is 0 Å². The van der Waals surface area contributed by atoms with E-state index in [1.807, 2.05) is 13.8 Å². The quantitative estimate of drug-likeness (QED) is 0.805. The molecule has 1 amide bonds. The smallest absolute Gasteiger partial charge is 0.230 e. The lowest BCUT2D eigenvalue weighted by Crippen LogP contribution is -2.38. The summed E-state index contributed by atoms with van der Waals surface area (Å²) < 4.78 is 0. The number of carbonyl (C=O) groups is 1. The van der Waals surface area contributed by atoms with Crippen molar-refractivity contribution in [1.82, 2.24) is 5.32 Å². The summed E-state index contributed by atoms with van der Waals surface area (Å²) in [6.45, 7) is 7.70. The standard InChI is InChI=1S/C14H21NO2S/c1-10-5-6-11(2)12(7-10)18-8-13(16)15-9-14(3,4)17/h5-7,17H,8-9H2,1-4H3,(H,15,16). The summed E-state index contributed by atoms with van der Waals surface area (Å²) in [5.74, 6) is 0.323. The van der Waals surface area contributed by atoms with Gasteiger partial charge in [-0.05, 0) is 39.3 Å². The molecule has 0 atom stereocenters. The number of hydrogen-bond donors (Lipinski definition) is 2. The van der Waals surface area contributed by atoms with E-state index in [0.29, 0.717) is 5.75 Å². The van der Waals surface area contributed by atoms with Gasteiger partial charge in [-0.15, -0.1) is 11.8 Å². The Morgan fingerprint density at radius 1 is 1.39 bits per heavy atom. The zero-order valence-electron chi connectivity index (χ0n) is 11.4. The van der Waals surface area contributed by atoms with Gasteiger partial charge in [0.05, 0.1) is 11.4 Å². The fraction of sp³-hybridized carbons (Fsp3) is 0.500. The summed E-state index contributed by atoms with van der Waals surface area (Å²) in [6, 6.07) is 6.21. The minimum atomic E-state index is -0.862. The van der Waals surface area contributed by atoms with Gasteiger partial charge in [0.15, 0.2) is 0 Å². The highest BCUT2D eigenvalue weighted by Crippen LogP contribution is 2.23. The van der Waals surface area contributed by atoms with Gasteiger partial charge in [-0.3, -0.25) is 4.79 Å². The van der Waals surface area contributed by atoms with Crippen LogP contribution in [0.25, 0.3) is 0 Å². The second-order valence-corrected chi connectivity index (χ2v) is 6.16. The van der Waals surface area contributed by atoms with Crippen LogP contribution in [0.1, 0.15) is 25.0 Å². The Balaban J connectivity index is 2.45. The first-order chi connectivity index (χ1) is 8.28. The molecule has 0 aliphatic carbocycles. The van der Waals surface area contributed by atoms with E-state index >= 15 is 0 Å². The summed E-state index contributed by atoms with van der Waals surface area (Å²) in [4.78, 5) is 12.7. The van der Waals surface area contributed by atoms with Crippen LogP contribution < -0.4 is 5.32 Å². The molecule has 0 aliphatic rings. The molecule has 4 heteroatoms. The number of rotatable bonds is 5. The summed E-state index contributed by atoms with van der Waals surface area (Å²) >= 11 is 1.53. The van der Waals surface area contributed by atoms with Crippen LogP contribution in [0.5, 0.6) is 0 Å². The highest BCUT2D eigenvalue weighted by molar-refractivity contribution is 8.00. The van der Waals surface area contributed by atoms with Gasteiger partial charge in [-0.2, -0.15) is 0 Å². The minimum absolute atomic E-state index is 0.0527. The molecule has 0 aromatic heterocycles. The van der Waals surface area contributed by atoms with Gasteiger partial charge in [-0.25, -0.2) is 0 Å². The van der Waals surface area contributed by atoms with Gasteiger partial charge < -0.3 is 10.4 Å². The first kappa shape index (κ1) is 15.1. The van der Waals surface area contributed by atoms with Gasteiger partial charge in [-0.1, -0.05) is 17.7 Å². The Morgan fingerprint density at radius 3 is 2.67 bits per heavy atom. The van der Waals surface area contributed by atoms with E-state index in [1.165, 1.54) is 22.9 Å². The van der Waals surface area contributed by atoms with Gasteiger partial charge in [0.1, 0.15) is 0 Å². The summed E-state index contributed by atoms with van der Waals surface area (Å²) in [7, 11) is 0. The fourth-order valence-corrected chi connectivity index (χ4v) is 2.33. The minimum Gasteiger partial charge on any atom is -0.389 e. The van der Waals surface area contributed by atoms with Gasteiger partial charge >= 0.3 is 0 Å². The molecule has 0 aliphatic heterocycles. The average Bonchev–Trinajstić information content (AvgIpc) is 2.26. The normalized spacial score (nSPS) is 11.4. The fourth-order valence-electron chi connectivity index (χ4n) is 1.37. The van der Waals surface area contributed by atoms with Gasteiger partial charge in [0.2, 0.25) is 5.91 Å². The van der Waals surface area contributed by atoms with Gasteiger partial charge in [0, 0.05) is 11.4 Å². The summed E-state index contributed by atoms with van der Waals surface area (Å²) in [6.07, 6.45) is 0. The zero-order chi connectivity index (χ0) is 13.8. The Morgan fingerprint density at radius 2 is 2.06 bits per heavy atom. The molecule has 0 heterocycles. The number of nitrogens with one attached hydrogen (secondary N) is 1. The maximum atomic E-state index is 11.6. The van der Waals surface area contributed by atoms with Crippen LogP contribution in [-0.4, -0.2) is 28.9 Å². The van der Waals surface area contributed by atoms with E-state index in [4.69, 9.17) is 0 Å². The lowest BCUT2D eigenvalue weighted by molar-refractivity contribution is -0.119. The molecule has 0 saturated carbocycles. The topological polar surface area (TPSA) is 49.3 Å². The predicted molar refractivity (Wildman–Crippen MR) is 75.9 cm³/mol. The largest absolute Gasteiger partial charge is 0.389 e. The highest BCUT2D eigenvalue weighted by atomic mass is 32.2. The molecule has 0 spiro atoms. The third kappa shape index (κ3) is 5.56. The Labute approximate surface area is 113 Å². The van der Waals surface area contributed by atoms with Crippen LogP contribution >= 0.6 is 11.8 Å². The maximum absolute atomic E-state index is 11.6. The van der Waals surface area contributed by atoms with Crippen molar-refractivity contribution in [3.05, 3.63) is 29.3 Å². The molecule has 2 N–H and O–H groups in total. The summed E-state index contributed by atoms with van der Waals surface area (Å²) in [5.41, 5.74) is 1.51. The number of amides is 1. The average molecular weight is 267 g/mol. The van der Waals surface area contributed by atoms with Crippen LogP contribution in [0.3, 0.4) is 0 Å². The molecular weight excluding hydrogens is 246 g/mol. The number of thioether (sulfide) groups is 1. The molecule has 18 heavy (non-hydrogen) atoms. The molecule has 3 nitrogen and oxygen atoms in total. The third-order valence-electron chi connectivity index (χ3n) is 2.42. The SMILES string of the molecule is Cc1ccc(C)c(SCC(=O)NCC(C)(C)O)c1. The predicted octanol–water partition coefficient (Wildman–Crippen LogP) is 2.28. The molecule has 0 fully saturated rings.